The summed E-state index contributed by atoms with van der Waals surface area (Å²) in [5.41, 5.74) is 0.881. The quantitative estimate of drug-likeness (QED) is 0.145. The van der Waals surface area contributed by atoms with Gasteiger partial charge in [-0.3, -0.25) is 14.4 Å². The largest absolute Gasteiger partial charge is 0.447 e. The monoisotopic (exact) mass is 577 g/mol. The van der Waals surface area contributed by atoms with Gasteiger partial charge in [-0.2, -0.15) is 0 Å². The second-order valence-corrected chi connectivity index (χ2v) is 10.8. The van der Waals surface area contributed by atoms with Gasteiger partial charge in [0.1, 0.15) is 6.61 Å². The van der Waals surface area contributed by atoms with Gasteiger partial charge in [-0.25, -0.2) is 4.79 Å². The number of hydrogen-bond donors (Lipinski definition) is 1. The Balaban J connectivity index is 1.79. The van der Waals surface area contributed by atoms with E-state index in [9.17, 15) is 19.2 Å². The number of benzene rings is 1. The zero-order valence-electron chi connectivity index (χ0n) is 24.8. The van der Waals surface area contributed by atoms with Crippen molar-refractivity contribution in [2.24, 2.45) is 17.8 Å². The zero-order valence-corrected chi connectivity index (χ0v) is 24.8. The lowest BCUT2D eigenvalue weighted by Gasteiger charge is -2.22. The molecule has 0 aromatic heterocycles. The van der Waals surface area contributed by atoms with E-state index in [1.807, 2.05) is 44.2 Å². The number of hydrogen-bond acceptors (Lipinski definition) is 9. The highest BCUT2D eigenvalue weighted by Crippen LogP contribution is 2.33. The summed E-state index contributed by atoms with van der Waals surface area (Å²) in [6, 6.07) is 8.53. The lowest BCUT2D eigenvalue weighted by atomic mass is 9.85. The van der Waals surface area contributed by atoms with Crippen LogP contribution in [0.4, 0.5) is 4.79 Å². The van der Waals surface area contributed by atoms with Crippen molar-refractivity contribution >= 4 is 23.4 Å². The minimum atomic E-state index is -0.826. The van der Waals surface area contributed by atoms with Crippen LogP contribution < -0.4 is 5.32 Å². The van der Waals surface area contributed by atoms with E-state index in [1.54, 1.807) is 7.11 Å². The fraction of sp³-hybridized carbons (Fsp3) is 0.677. The first-order valence-corrected chi connectivity index (χ1v) is 14.6. The first-order chi connectivity index (χ1) is 19.8. The molecule has 0 spiro atoms. The van der Waals surface area contributed by atoms with E-state index in [2.05, 4.69) is 5.32 Å². The molecule has 1 saturated carbocycles. The molecule has 10 nitrogen and oxygen atoms in total. The van der Waals surface area contributed by atoms with Crippen LogP contribution in [0, 0.1) is 17.8 Å². The van der Waals surface area contributed by atoms with Gasteiger partial charge in [0, 0.05) is 25.9 Å². The summed E-state index contributed by atoms with van der Waals surface area (Å²) >= 11 is 0. The minimum Gasteiger partial charge on any atom is -0.447 e. The van der Waals surface area contributed by atoms with Crippen LogP contribution in [0.5, 0.6) is 0 Å². The topological polar surface area (TPSA) is 126 Å². The van der Waals surface area contributed by atoms with E-state index in [0.29, 0.717) is 52.5 Å². The average Bonchev–Trinajstić information content (AvgIpc) is 3.76. The number of amides is 1. The molecule has 0 bridgehead atoms. The fourth-order valence-corrected chi connectivity index (χ4v) is 4.26. The van der Waals surface area contributed by atoms with Gasteiger partial charge >= 0.3 is 6.09 Å². The van der Waals surface area contributed by atoms with Gasteiger partial charge in [-0.05, 0) is 43.1 Å². The Morgan fingerprint density at radius 3 is 2.00 bits per heavy atom. The molecule has 1 fully saturated rings. The molecular weight excluding hydrogens is 530 g/mol. The highest BCUT2D eigenvalue weighted by molar-refractivity contribution is 6.38. The molecule has 0 saturated heterocycles. The molecule has 1 aromatic carbocycles. The number of nitrogens with one attached hydrogen (secondary N) is 1. The van der Waals surface area contributed by atoms with Crippen molar-refractivity contribution in [2.75, 3.05) is 60.0 Å². The lowest BCUT2D eigenvalue weighted by Crippen LogP contribution is -2.43. The van der Waals surface area contributed by atoms with Crippen LogP contribution in [-0.2, 0) is 44.5 Å². The zero-order chi connectivity index (χ0) is 29.9. The van der Waals surface area contributed by atoms with E-state index in [0.717, 1.165) is 18.4 Å². The van der Waals surface area contributed by atoms with Crippen LogP contribution in [0.25, 0.3) is 0 Å². The smallest absolute Gasteiger partial charge is 0.407 e. The summed E-state index contributed by atoms with van der Waals surface area (Å²) < 4.78 is 26.2. The molecule has 2 atom stereocenters. The van der Waals surface area contributed by atoms with Gasteiger partial charge in [0.25, 0.3) is 0 Å². The second-order valence-electron chi connectivity index (χ2n) is 10.8. The summed E-state index contributed by atoms with van der Waals surface area (Å²) in [7, 11) is 1.61. The Kier molecular flexibility index (Phi) is 17.1. The van der Waals surface area contributed by atoms with Crippen molar-refractivity contribution in [3.8, 4) is 0 Å². The molecule has 0 aliphatic heterocycles. The number of ether oxygens (including phenoxy) is 5. The minimum absolute atomic E-state index is 0.0132. The van der Waals surface area contributed by atoms with Crippen molar-refractivity contribution in [2.45, 2.75) is 58.4 Å². The number of rotatable bonds is 24. The maximum atomic E-state index is 13.4. The molecule has 0 unspecified atom stereocenters. The van der Waals surface area contributed by atoms with E-state index < -0.39 is 29.6 Å². The predicted molar refractivity (Wildman–Crippen MR) is 153 cm³/mol. The van der Waals surface area contributed by atoms with Crippen LogP contribution in [0.2, 0.25) is 0 Å². The average molecular weight is 578 g/mol. The third kappa shape index (κ3) is 15.8. The van der Waals surface area contributed by atoms with Crippen LogP contribution in [-0.4, -0.2) is 89.4 Å². The maximum absolute atomic E-state index is 13.4. The number of Topliss-reactive ketones (excluding diaryl/α,β-unsaturated/α-hetero) is 3. The highest BCUT2D eigenvalue weighted by atomic mass is 16.6. The maximum Gasteiger partial charge on any atom is 0.407 e. The summed E-state index contributed by atoms with van der Waals surface area (Å²) in [4.78, 5) is 51.6. The number of carbonyl (C=O) groups is 4. The summed E-state index contributed by atoms with van der Waals surface area (Å²) in [6.45, 7) is 6.79. The second kappa shape index (κ2) is 20.3. The predicted octanol–water partition coefficient (Wildman–Crippen LogP) is 3.58. The molecule has 1 aliphatic rings. The number of alkyl carbamates (subject to hydrolysis) is 1. The molecular formula is C31H47NO9. The Labute approximate surface area is 243 Å². The van der Waals surface area contributed by atoms with Crippen LogP contribution in [0.15, 0.2) is 30.3 Å². The Hall–Kier alpha value is -2.66. The SMILES string of the molecule is COCCOCCOCCOCCOC(=O)N[C@@H](CC(C)C)C(=O)C[C@@H](Cc1ccccc1)C(=O)C(=O)CC1CC1. The molecule has 41 heavy (non-hydrogen) atoms. The molecule has 1 amide bonds. The normalized spacial score (nSPS) is 14.4. The first-order valence-electron chi connectivity index (χ1n) is 14.6. The van der Waals surface area contributed by atoms with Crippen LogP contribution in [0.1, 0.15) is 51.5 Å². The summed E-state index contributed by atoms with van der Waals surface area (Å²) in [5.74, 6) is -1.57. The summed E-state index contributed by atoms with van der Waals surface area (Å²) in [5, 5.41) is 2.66. The van der Waals surface area contributed by atoms with E-state index in [1.165, 1.54) is 0 Å². The molecule has 2 rings (SSSR count). The molecule has 230 valence electrons. The van der Waals surface area contributed by atoms with Gasteiger partial charge in [-0.15, -0.1) is 0 Å². The lowest BCUT2D eigenvalue weighted by molar-refractivity contribution is -0.140. The number of methoxy groups -OCH3 is 1. The molecule has 0 heterocycles. The molecule has 0 radical (unpaired) electrons. The van der Waals surface area contributed by atoms with E-state index in [4.69, 9.17) is 23.7 Å². The van der Waals surface area contributed by atoms with E-state index in [-0.39, 0.29) is 43.7 Å². The summed E-state index contributed by atoms with van der Waals surface area (Å²) in [6.07, 6.45) is 2.01. The Morgan fingerprint density at radius 1 is 0.854 bits per heavy atom. The van der Waals surface area contributed by atoms with Gasteiger partial charge in [0.2, 0.25) is 5.78 Å². The van der Waals surface area contributed by atoms with Crippen molar-refractivity contribution in [3.05, 3.63) is 35.9 Å². The number of ketones is 3. The first kappa shape index (κ1) is 34.5. The third-order valence-corrected chi connectivity index (χ3v) is 6.61. The van der Waals surface area contributed by atoms with Crippen LogP contribution in [0.3, 0.4) is 0 Å². The van der Waals surface area contributed by atoms with Gasteiger partial charge in [0.05, 0.1) is 52.3 Å². The Morgan fingerprint density at radius 2 is 1.44 bits per heavy atom. The molecule has 10 heteroatoms. The van der Waals surface area contributed by atoms with Crippen molar-refractivity contribution in [3.63, 3.8) is 0 Å². The molecule has 1 N–H and O–H groups in total. The van der Waals surface area contributed by atoms with Gasteiger partial charge in [0.15, 0.2) is 11.6 Å². The molecule has 1 aromatic rings. The molecule has 1 aliphatic carbocycles. The van der Waals surface area contributed by atoms with Crippen molar-refractivity contribution in [1.29, 1.82) is 0 Å². The Bertz CT molecular complexity index is 917. The van der Waals surface area contributed by atoms with Crippen molar-refractivity contribution < 1.29 is 42.9 Å². The number of carbonyl (C=O) groups excluding carboxylic acids is 4. The highest BCUT2D eigenvalue weighted by Gasteiger charge is 2.34. The van der Waals surface area contributed by atoms with Crippen LogP contribution >= 0.6 is 0 Å². The standard InChI is InChI=1S/C31H47NO9/c1-23(2)19-27(32-31(36)41-18-17-40-16-15-39-14-13-38-12-11-37-3)28(33)22-26(20-24-7-5-4-6-8-24)30(35)29(34)21-25-9-10-25/h4-8,23,25-27H,9-22H2,1-3H3,(H,32,36)/t26-,27+/m1/s1. The van der Waals surface area contributed by atoms with Crippen molar-refractivity contribution in [1.82, 2.24) is 5.32 Å². The third-order valence-electron chi connectivity index (χ3n) is 6.61. The van der Waals surface area contributed by atoms with E-state index >= 15 is 0 Å². The van der Waals surface area contributed by atoms with Gasteiger partial charge < -0.3 is 29.0 Å². The van der Waals surface area contributed by atoms with Gasteiger partial charge in [-0.1, -0.05) is 44.2 Å². The fourth-order valence-electron chi connectivity index (χ4n) is 4.26.